The Morgan fingerprint density at radius 3 is 2.00 bits per heavy atom. The van der Waals surface area contributed by atoms with Gasteiger partial charge in [0.05, 0.1) is 0 Å². The first-order chi connectivity index (χ1) is 8.05. The Kier molecular flexibility index (Phi) is 5.77. The number of nitrogens with one attached hydrogen (secondary N) is 1. The number of nitrogens with two attached hydrogens (primary N) is 1. The first kappa shape index (κ1) is 16.4. The van der Waals surface area contributed by atoms with Crippen molar-refractivity contribution in [2.24, 2.45) is 11.1 Å². The summed E-state index contributed by atoms with van der Waals surface area (Å²) in [5.41, 5.74) is 4.62. The van der Waals surface area contributed by atoms with Crippen LogP contribution in [0.3, 0.4) is 0 Å². The van der Waals surface area contributed by atoms with E-state index in [1.807, 2.05) is 0 Å². The van der Waals surface area contributed by atoms with E-state index in [1.165, 1.54) is 0 Å². The lowest BCUT2D eigenvalue weighted by Gasteiger charge is -2.27. The second kappa shape index (κ2) is 6.34. The standard InChI is InChI=1S/C11H20N2O5/c1-11(2,3)8(10(17)18)13-7(14)5-4-6(12)9(15)16/h6,8H,4-5,12H2,1-3H3,(H,13,14)(H,15,16)(H,17,18)/t6-,8+/m0/s1. The van der Waals surface area contributed by atoms with E-state index in [4.69, 9.17) is 15.9 Å². The zero-order valence-corrected chi connectivity index (χ0v) is 10.8. The molecule has 0 aromatic heterocycles. The smallest absolute Gasteiger partial charge is 0.326 e. The Morgan fingerprint density at radius 1 is 1.17 bits per heavy atom. The lowest BCUT2D eigenvalue weighted by molar-refractivity contribution is -0.145. The third-order valence-electron chi connectivity index (χ3n) is 2.42. The molecule has 7 nitrogen and oxygen atoms in total. The highest BCUT2D eigenvalue weighted by atomic mass is 16.4. The predicted molar refractivity (Wildman–Crippen MR) is 63.9 cm³/mol. The summed E-state index contributed by atoms with van der Waals surface area (Å²) in [4.78, 5) is 33.0. The molecule has 0 spiro atoms. The molecule has 1 amide bonds. The van der Waals surface area contributed by atoms with Gasteiger partial charge < -0.3 is 21.3 Å². The van der Waals surface area contributed by atoms with Crippen molar-refractivity contribution in [1.82, 2.24) is 5.32 Å². The maximum absolute atomic E-state index is 11.5. The van der Waals surface area contributed by atoms with Crippen LogP contribution >= 0.6 is 0 Å². The van der Waals surface area contributed by atoms with Crippen molar-refractivity contribution in [3.63, 3.8) is 0 Å². The minimum Gasteiger partial charge on any atom is -0.480 e. The molecular formula is C11H20N2O5. The molecule has 0 bridgehead atoms. The zero-order valence-electron chi connectivity index (χ0n) is 10.8. The van der Waals surface area contributed by atoms with Gasteiger partial charge in [0.25, 0.3) is 0 Å². The zero-order chi connectivity index (χ0) is 14.5. The van der Waals surface area contributed by atoms with E-state index in [0.29, 0.717) is 0 Å². The van der Waals surface area contributed by atoms with Crippen molar-refractivity contribution in [3.05, 3.63) is 0 Å². The molecule has 0 saturated carbocycles. The normalized spacial score (nSPS) is 14.7. The number of carbonyl (C=O) groups is 3. The molecule has 2 atom stereocenters. The molecule has 0 aliphatic heterocycles. The van der Waals surface area contributed by atoms with E-state index in [2.05, 4.69) is 5.32 Å². The van der Waals surface area contributed by atoms with Gasteiger partial charge in [-0.15, -0.1) is 0 Å². The Morgan fingerprint density at radius 2 is 1.67 bits per heavy atom. The lowest BCUT2D eigenvalue weighted by Crippen LogP contribution is -2.49. The first-order valence-electron chi connectivity index (χ1n) is 5.56. The maximum Gasteiger partial charge on any atom is 0.326 e. The molecule has 0 heterocycles. The molecule has 0 radical (unpaired) electrons. The molecule has 18 heavy (non-hydrogen) atoms. The van der Waals surface area contributed by atoms with Crippen molar-refractivity contribution < 1.29 is 24.6 Å². The molecule has 0 rings (SSSR count). The molecule has 5 N–H and O–H groups in total. The minimum absolute atomic E-state index is 0.0301. The highest BCUT2D eigenvalue weighted by Gasteiger charge is 2.32. The number of carboxylic acids is 2. The highest BCUT2D eigenvalue weighted by Crippen LogP contribution is 2.19. The van der Waals surface area contributed by atoms with Gasteiger partial charge in [0, 0.05) is 6.42 Å². The first-order valence-corrected chi connectivity index (χ1v) is 5.56. The largest absolute Gasteiger partial charge is 0.480 e. The summed E-state index contributed by atoms with van der Waals surface area (Å²) in [5, 5.41) is 19.9. The maximum atomic E-state index is 11.5. The van der Waals surface area contributed by atoms with Crippen molar-refractivity contribution >= 4 is 17.8 Å². The predicted octanol–water partition coefficient (Wildman–Crippen LogP) is -0.206. The summed E-state index contributed by atoms with van der Waals surface area (Å²) in [6.07, 6.45) is -0.148. The van der Waals surface area contributed by atoms with Crippen molar-refractivity contribution in [1.29, 1.82) is 0 Å². The second-order valence-electron chi connectivity index (χ2n) is 5.19. The second-order valence-corrected chi connectivity index (χ2v) is 5.19. The van der Waals surface area contributed by atoms with Gasteiger partial charge in [-0.3, -0.25) is 9.59 Å². The van der Waals surface area contributed by atoms with Crippen LogP contribution < -0.4 is 11.1 Å². The quantitative estimate of drug-likeness (QED) is 0.523. The van der Waals surface area contributed by atoms with Crippen LogP contribution in [0.2, 0.25) is 0 Å². The van der Waals surface area contributed by atoms with Crippen molar-refractivity contribution in [2.45, 2.75) is 45.7 Å². The summed E-state index contributed by atoms with van der Waals surface area (Å²) in [5.74, 6) is -2.83. The van der Waals surface area contributed by atoms with E-state index in [1.54, 1.807) is 20.8 Å². The number of hydrogen-bond acceptors (Lipinski definition) is 4. The number of amides is 1. The number of carboxylic acid groups (broad SMARTS) is 2. The third kappa shape index (κ3) is 5.62. The SMILES string of the molecule is CC(C)(C)[C@H](NC(=O)CC[C@H](N)C(=O)O)C(=O)O. The molecule has 0 aliphatic rings. The highest BCUT2D eigenvalue weighted by molar-refractivity contribution is 5.84. The van der Waals surface area contributed by atoms with Gasteiger partial charge in [-0.05, 0) is 11.8 Å². The van der Waals surface area contributed by atoms with Gasteiger partial charge in [0.1, 0.15) is 12.1 Å². The molecule has 7 heteroatoms. The summed E-state index contributed by atoms with van der Waals surface area (Å²) >= 11 is 0. The monoisotopic (exact) mass is 260 g/mol. The van der Waals surface area contributed by atoms with Gasteiger partial charge in [-0.1, -0.05) is 20.8 Å². The van der Waals surface area contributed by atoms with Crippen LogP contribution in [0.1, 0.15) is 33.6 Å². The van der Waals surface area contributed by atoms with Gasteiger partial charge in [-0.25, -0.2) is 4.79 Å². The van der Waals surface area contributed by atoms with Crippen LogP contribution in [0.25, 0.3) is 0 Å². The minimum atomic E-state index is -1.19. The average molecular weight is 260 g/mol. The van der Waals surface area contributed by atoms with Crippen LogP contribution in [0.4, 0.5) is 0 Å². The molecule has 0 saturated heterocycles. The summed E-state index contributed by atoms with van der Waals surface area (Å²) < 4.78 is 0. The fourth-order valence-electron chi connectivity index (χ4n) is 1.29. The van der Waals surface area contributed by atoms with Crippen LogP contribution in [0.15, 0.2) is 0 Å². The topological polar surface area (TPSA) is 130 Å². The lowest BCUT2D eigenvalue weighted by atomic mass is 9.86. The Bertz CT molecular complexity index is 335. The van der Waals surface area contributed by atoms with E-state index in [9.17, 15) is 14.4 Å². The molecular weight excluding hydrogens is 240 g/mol. The van der Waals surface area contributed by atoms with Crippen molar-refractivity contribution in [2.75, 3.05) is 0 Å². The third-order valence-corrected chi connectivity index (χ3v) is 2.42. The van der Waals surface area contributed by atoms with Crippen LogP contribution in [-0.4, -0.2) is 40.1 Å². The molecule has 0 unspecified atom stereocenters. The molecule has 0 aliphatic carbocycles. The number of rotatable bonds is 6. The number of aliphatic carboxylic acids is 2. The fraction of sp³-hybridized carbons (Fsp3) is 0.727. The molecule has 0 fully saturated rings. The number of hydrogen-bond donors (Lipinski definition) is 4. The van der Waals surface area contributed by atoms with Crippen LogP contribution in [-0.2, 0) is 14.4 Å². The van der Waals surface area contributed by atoms with E-state index < -0.39 is 35.3 Å². The summed E-state index contributed by atoms with van der Waals surface area (Å²) in [6.45, 7) is 5.07. The van der Waals surface area contributed by atoms with Crippen LogP contribution in [0, 0.1) is 5.41 Å². The molecule has 104 valence electrons. The van der Waals surface area contributed by atoms with Gasteiger partial charge in [-0.2, -0.15) is 0 Å². The Labute approximate surface area is 105 Å². The molecule has 0 aromatic rings. The summed E-state index contributed by atoms with van der Waals surface area (Å²) in [7, 11) is 0. The van der Waals surface area contributed by atoms with Crippen LogP contribution in [0.5, 0.6) is 0 Å². The Balaban J connectivity index is 4.37. The van der Waals surface area contributed by atoms with Gasteiger partial charge in [0.15, 0.2) is 0 Å². The molecule has 0 aromatic carbocycles. The fourth-order valence-corrected chi connectivity index (χ4v) is 1.29. The van der Waals surface area contributed by atoms with Crippen molar-refractivity contribution in [3.8, 4) is 0 Å². The average Bonchev–Trinajstić information content (AvgIpc) is 2.20. The van der Waals surface area contributed by atoms with Gasteiger partial charge >= 0.3 is 11.9 Å². The van der Waals surface area contributed by atoms with E-state index in [-0.39, 0.29) is 12.8 Å². The Hall–Kier alpha value is -1.63. The summed E-state index contributed by atoms with van der Waals surface area (Å²) in [6, 6.07) is -2.14. The van der Waals surface area contributed by atoms with E-state index >= 15 is 0 Å². The number of carbonyl (C=O) groups excluding carboxylic acids is 1. The van der Waals surface area contributed by atoms with Gasteiger partial charge in [0.2, 0.25) is 5.91 Å². The van der Waals surface area contributed by atoms with E-state index in [0.717, 1.165) is 0 Å².